The van der Waals surface area contributed by atoms with Crippen LogP contribution >= 0.6 is 11.3 Å². The maximum absolute atomic E-state index is 6.09. The Morgan fingerprint density at radius 3 is 2.71 bits per heavy atom. The fraction of sp³-hybridized carbons (Fsp3) is 0.769. The van der Waals surface area contributed by atoms with Gasteiger partial charge in [-0.3, -0.25) is 0 Å². The molecule has 17 heavy (non-hydrogen) atoms. The molecule has 1 aromatic heterocycles. The molecular formula is C13H25N3S. The van der Waals surface area contributed by atoms with E-state index in [4.69, 9.17) is 5.73 Å². The highest BCUT2D eigenvalue weighted by Gasteiger charge is 2.15. The van der Waals surface area contributed by atoms with E-state index in [1.165, 1.54) is 0 Å². The molecule has 3 N–H and O–H groups in total. The van der Waals surface area contributed by atoms with Crippen molar-refractivity contribution in [3.05, 3.63) is 16.1 Å². The SMILES string of the molecule is Cc1csc(CNCCC(N)CC(C)(C)C)n1. The van der Waals surface area contributed by atoms with Crippen molar-refractivity contribution >= 4 is 11.3 Å². The van der Waals surface area contributed by atoms with Crippen LogP contribution in [0.5, 0.6) is 0 Å². The second kappa shape index (κ2) is 6.47. The van der Waals surface area contributed by atoms with Crippen LogP contribution in [0.4, 0.5) is 0 Å². The van der Waals surface area contributed by atoms with Crippen molar-refractivity contribution in [2.75, 3.05) is 6.54 Å². The lowest BCUT2D eigenvalue weighted by Gasteiger charge is -2.23. The molecule has 0 aliphatic heterocycles. The highest BCUT2D eigenvalue weighted by atomic mass is 32.1. The van der Waals surface area contributed by atoms with Gasteiger partial charge in [-0.15, -0.1) is 11.3 Å². The molecule has 0 fully saturated rings. The monoisotopic (exact) mass is 255 g/mol. The number of nitrogens with one attached hydrogen (secondary N) is 1. The summed E-state index contributed by atoms with van der Waals surface area (Å²) in [5.41, 5.74) is 7.52. The first-order valence-corrected chi connectivity index (χ1v) is 7.12. The van der Waals surface area contributed by atoms with E-state index in [-0.39, 0.29) is 0 Å². The smallest absolute Gasteiger partial charge is 0.107 e. The van der Waals surface area contributed by atoms with Crippen LogP contribution in [-0.2, 0) is 6.54 Å². The summed E-state index contributed by atoms with van der Waals surface area (Å²) >= 11 is 1.71. The Morgan fingerprint density at radius 2 is 2.18 bits per heavy atom. The zero-order chi connectivity index (χ0) is 12.9. The summed E-state index contributed by atoms with van der Waals surface area (Å²) < 4.78 is 0. The molecule has 1 unspecified atom stereocenters. The molecule has 0 bridgehead atoms. The van der Waals surface area contributed by atoms with Gasteiger partial charge >= 0.3 is 0 Å². The van der Waals surface area contributed by atoms with Gasteiger partial charge < -0.3 is 11.1 Å². The summed E-state index contributed by atoms with van der Waals surface area (Å²) in [5.74, 6) is 0. The maximum atomic E-state index is 6.09. The number of hydrogen-bond donors (Lipinski definition) is 2. The number of nitrogens with zero attached hydrogens (tertiary/aromatic N) is 1. The topological polar surface area (TPSA) is 50.9 Å². The van der Waals surface area contributed by atoms with Gasteiger partial charge in [0.1, 0.15) is 5.01 Å². The number of aromatic nitrogens is 1. The summed E-state index contributed by atoms with van der Waals surface area (Å²) in [7, 11) is 0. The maximum Gasteiger partial charge on any atom is 0.107 e. The fourth-order valence-electron chi connectivity index (χ4n) is 1.86. The summed E-state index contributed by atoms with van der Waals surface area (Å²) in [6.45, 7) is 10.6. The molecule has 0 aromatic carbocycles. The van der Waals surface area contributed by atoms with E-state index in [1.807, 2.05) is 6.92 Å². The van der Waals surface area contributed by atoms with Crippen LogP contribution in [0.1, 0.15) is 44.3 Å². The molecule has 0 amide bonds. The van der Waals surface area contributed by atoms with Crippen molar-refractivity contribution in [1.82, 2.24) is 10.3 Å². The number of hydrogen-bond acceptors (Lipinski definition) is 4. The molecule has 1 atom stereocenters. The van der Waals surface area contributed by atoms with Gasteiger partial charge in [0.2, 0.25) is 0 Å². The van der Waals surface area contributed by atoms with E-state index in [2.05, 4.69) is 36.5 Å². The van der Waals surface area contributed by atoms with E-state index < -0.39 is 0 Å². The van der Waals surface area contributed by atoms with Gasteiger partial charge in [0.05, 0.1) is 0 Å². The van der Waals surface area contributed by atoms with Gasteiger partial charge in [0.25, 0.3) is 0 Å². The Morgan fingerprint density at radius 1 is 1.47 bits per heavy atom. The Balaban J connectivity index is 2.12. The average molecular weight is 255 g/mol. The lowest BCUT2D eigenvalue weighted by Crippen LogP contribution is -2.30. The molecule has 1 rings (SSSR count). The zero-order valence-corrected chi connectivity index (χ0v) is 12.2. The number of nitrogens with two attached hydrogens (primary N) is 1. The molecule has 0 aliphatic rings. The van der Waals surface area contributed by atoms with Crippen LogP contribution in [0.15, 0.2) is 5.38 Å². The third-order valence-corrected chi connectivity index (χ3v) is 3.48. The Bertz CT molecular complexity index is 328. The normalized spacial score (nSPS) is 13.9. The zero-order valence-electron chi connectivity index (χ0n) is 11.4. The summed E-state index contributed by atoms with van der Waals surface area (Å²) in [6, 6.07) is 0.292. The minimum Gasteiger partial charge on any atom is -0.328 e. The second-order valence-corrected chi connectivity index (χ2v) is 6.82. The molecule has 4 heteroatoms. The molecule has 1 aromatic rings. The summed E-state index contributed by atoms with van der Waals surface area (Å²) in [4.78, 5) is 4.41. The fourth-order valence-corrected chi connectivity index (χ4v) is 2.60. The van der Waals surface area contributed by atoms with Crippen molar-refractivity contribution < 1.29 is 0 Å². The van der Waals surface area contributed by atoms with Crippen LogP contribution in [0.3, 0.4) is 0 Å². The van der Waals surface area contributed by atoms with E-state index in [1.54, 1.807) is 11.3 Å². The summed E-state index contributed by atoms with van der Waals surface area (Å²) in [5, 5.41) is 6.64. The minimum absolute atomic E-state index is 0.292. The van der Waals surface area contributed by atoms with Gasteiger partial charge in [-0.1, -0.05) is 20.8 Å². The van der Waals surface area contributed by atoms with Crippen molar-refractivity contribution in [3.63, 3.8) is 0 Å². The molecule has 1 heterocycles. The number of aryl methyl sites for hydroxylation is 1. The van der Waals surface area contributed by atoms with E-state index in [0.29, 0.717) is 11.5 Å². The van der Waals surface area contributed by atoms with Crippen LogP contribution in [0.2, 0.25) is 0 Å². The third-order valence-electron chi connectivity index (χ3n) is 2.51. The Hall–Kier alpha value is -0.450. The van der Waals surface area contributed by atoms with Crippen molar-refractivity contribution in [2.45, 2.75) is 53.1 Å². The van der Waals surface area contributed by atoms with Gasteiger partial charge in [-0.2, -0.15) is 0 Å². The first-order chi connectivity index (χ1) is 7.87. The highest BCUT2D eigenvalue weighted by Crippen LogP contribution is 2.20. The number of thiazole rings is 1. The number of rotatable bonds is 6. The lowest BCUT2D eigenvalue weighted by atomic mass is 9.87. The quantitative estimate of drug-likeness (QED) is 0.768. The first kappa shape index (κ1) is 14.6. The van der Waals surface area contributed by atoms with Gasteiger partial charge in [0, 0.05) is 23.7 Å². The molecule has 0 spiro atoms. The minimum atomic E-state index is 0.292. The van der Waals surface area contributed by atoms with E-state index in [0.717, 1.165) is 36.6 Å². The van der Waals surface area contributed by atoms with Crippen LogP contribution in [0, 0.1) is 12.3 Å². The molecule has 0 aliphatic carbocycles. The van der Waals surface area contributed by atoms with Crippen molar-refractivity contribution in [1.29, 1.82) is 0 Å². The van der Waals surface area contributed by atoms with Crippen molar-refractivity contribution in [3.8, 4) is 0 Å². The lowest BCUT2D eigenvalue weighted by molar-refractivity contribution is 0.329. The van der Waals surface area contributed by atoms with Crippen LogP contribution < -0.4 is 11.1 Å². The molecular weight excluding hydrogens is 230 g/mol. The predicted octanol–water partition coefficient (Wildman–Crippen LogP) is 2.69. The standard InChI is InChI=1S/C13H25N3S/c1-10-9-17-12(16-10)8-15-6-5-11(14)7-13(2,3)4/h9,11,15H,5-8,14H2,1-4H3. The molecule has 0 radical (unpaired) electrons. The van der Waals surface area contributed by atoms with Crippen LogP contribution in [-0.4, -0.2) is 17.6 Å². The van der Waals surface area contributed by atoms with E-state index >= 15 is 0 Å². The molecule has 0 saturated heterocycles. The van der Waals surface area contributed by atoms with Gasteiger partial charge in [-0.25, -0.2) is 4.98 Å². The van der Waals surface area contributed by atoms with Gasteiger partial charge in [-0.05, 0) is 31.7 Å². The second-order valence-electron chi connectivity index (χ2n) is 5.87. The van der Waals surface area contributed by atoms with Gasteiger partial charge in [0.15, 0.2) is 0 Å². The Kier molecular flexibility index (Phi) is 5.56. The van der Waals surface area contributed by atoms with Crippen molar-refractivity contribution in [2.24, 2.45) is 11.1 Å². The molecule has 3 nitrogen and oxygen atoms in total. The Labute approximate surface area is 109 Å². The first-order valence-electron chi connectivity index (χ1n) is 6.24. The average Bonchev–Trinajstić information content (AvgIpc) is 2.56. The molecule has 0 saturated carbocycles. The summed E-state index contributed by atoms with van der Waals surface area (Å²) in [6.07, 6.45) is 2.10. The third kappa shape index (κ3) is 6.76. The predicted molar refractivity (Wildman–Crippen MR) is 75.2 cm³/mol. The largest absolute Gasteiger partial charge is 0.328 e. The molecule has 98 valence electrons. The van der Waals surface area contributed by atoms with Crippen LogP contribution in [0.25, 0.3) is 0 Å². The van der Waals surface area contributed by atoms with E-state index in [9.17, 15) is 0 Å². The highest BCUT2D eigenvalue weighted by molar-refractivity contribution is 7.09.